The number of thiazole rings is 1. The predicted molar refractivity (Wildman–Crippen MR) is 62.8 cm³/mol. The Morgan fingerprint density at radius 2 is 2.14 bits per heavy atom. The number of hydrogen-bond donors (Lipinski definition) is 0. The van der Waals surface area contributed by atoms with Crippen molar-refractivity contribution < 1.29 is 0 Å². The first-order valence-electron chi connectivity index (χ1n) is 3.78. The summed E-state index contributed by atoms with van der Waals surface area (Å²) < 4.78 is 0.974. The Labute approximate surface area is 98.6 Å². The second kappa shape index (κ2) is 4.02. The van der Waals surface area contributed by atoms with Crippen LogP contribution in [0.3, 0.4) is 0 Å². The molecule has 2 rings (SSSR count). The maximum Gasteiger partial charge on any atom is 0.154 e. The molecule has 68 valence electrons. The van der Waals surface area contributed by atoms with E-state index in [0.717, 1.165) is 14.4 Å². The maximum absolute atomic E-state index is 8.68. The number of rotatable bonds is 1. The van der Waals surface area contributed by atoms with Gasteiger partial charge in [-0.3, -0.25) is 0 Å². The van der Waals surface area contributed by atoms with Gasteiger partial charge in [-0.1, -0.05) is 6.07 Å². The number of nitriles is 1. The molecule has 2 aromatic rings. The smallest absolute Gasteiger partial charge is 0.154 e. The summed E-state index contributed by atoms with van der Waals surface area (Å²) in [5.41, 5.74) is 2.00. The molecule has 0 spiro atoms. The SMILES string of the molecule is N#Cc1cccc(-c2csc(I)n2)n1. The van der Waals surface area contributed by atoms with Gasteiger partial charge in [0.1, 0.15) is 17.5 Å². The van der Waals surface area contributed by atoms with Crippen molar-refractivity contribution >= 4 is 33.9 Å². The van der Waals surface area contributed by atoms with E-state index in [0.29, 0.717) is 5.69 Å². The molecular weight excluding hydrogens is 309 g/mol. The van der Waals surface area contributed by atoms with Gasteiger partial charge < -0.3 is 0 Å². The van der Waals surface area contributed by atoms with Crippen LogP contribution in [0, 0.1) is 14.3 Å². The normalized spacial score (nSPS) is 9.71. The molecule has 2 heterocycles. The fourth-order valence-electron chi connectivity index (χ4n) is 1.01. The first kappa shape index (κ1) is 9.55. The summed E-state index contributed by atoms with van der Waals surface area (Å²) >= 11 is 3.73. The van der Waals surface area contributed by atoms with Gasteiger partial charge in [-0.25, -0.2) is 9.97 Å². The Hall–Kier alpha value is -1.00. The van der Waals surface area contributed by atoms with E-state index in [1.165, 1.54) is 0 Å². The molecule has 0 unspecified atom stereocenters. The van der Waals surface area contributed by atoms with Gasteiger partial charge in [0, 0.05) is 5.38 Å². The first-order chi connectivity index (χ1) is 6.79. The lowest BCUT2D eigenvalue weighted by molar-refractivity contribution is 1.23. The molecule has 0 radical (unpaired) electrons. The fourth-order valence-corrected chi connectivity index (χ4v) is 2.18. The standard InChI is InChI=1S/C9H4IN3S/c10-9-13-8(5-14-9)7-3-1-2-6(4-11)12-7/h1-3,5H. The van der Waals surface area contributed by atoms with E-state index in [-0.39, 0.29) is 0 Å². The minimum atomic E-state index is 0.422. The zero-order valence-electron chi connectivity index (χ0n) is 6.94. The average Bonchev–Trinajstić information content (AvgIpc) is 2.65. The third kappa shape index (κ3) is 1.91. The molecule has 5 heteroatoms. The van der Waals surface area contributed by atoms with E-state index in [1.807, 2.05) is 23.6 Å². The van der Waals surface area contributed by atoms with Crippen molar-refractivity contribution in [3.05, 3.63) is 32.3 Å². The second-order valence-corrected chi connectivity index (χ2v) is 5.12. The number of nitrogens with zero attached hydrogens (tertiary/aromatic N) is 3. The fraction of sp³-hybridized carbons (Fsp3) is 0. The van der Waals surface area contributed by atoms with E-state index in [1.54, 1.807) is 17.4 Å². The van der Waals surface area contributed by atoms with Crippen LogP contribution in [0.5, 0.6) is 0 Å². The summed E-state index contributed by atoms with van der Waals surface area (Å²) in [6.45, 7) is 0. The van der Waals surface area contributed by atoms with Crippen molar-refractivity contribution in [2.45, 2.75) is 0 Å². The largest absolute Gasteiger partial charge is 0.235 e. The van der Waals surface area contributed by atoms with E-state index in [9.17, 15) is 0 Å². The highest BCUT2D eigenvalue weighted by Gasteiger charge is 2.04. The van der Waals surface area contributed by atoms with Crippen LogP contribution >= 0.6 is 33.9 Å². The number of pyridine rings is 1. The molecule has 0 N–H and O–H groups in total. The summed E-state index contributed by atoms with van der Waals surface area (Å²) in [7, 11) is 0. The van der Waals surface area contributed by atoms with Crippen molar-refractivity contribution in [3.63, 3.8) is 0 Å². The van der Waals surface area contributed by atoms with E-state index >= 15 is 0 Å². The van der Waals surface area contributed by atoms with Crippen LogP contribution in [0.15, 0.2) is 23.6 Å². The van der Waals surface area contributed by atoms with Crippen LogP contribution in [0.25, 0.3) is 11.4 Å². The molecular formula is C9H4IN3S. The molecule has 0 fully saturated rings. The number of aromatic nitrogens is 2. The van der Waals surface area contributed by atoms with Crippen molar-refractivity contribution in [2.24, 2.45) is 0 Å². The zero-order valence-corrected chi connectivity index (χ0v) is 9.91. The topological polar surface area (TPSA) is 49.6 Å². The third-order valence-corrected chi connectivity index (χ3v) is 3.23. The van der Waals surface area contributed by atoms with Gasteiger partial charge in [-0.15, -0.1) is 11.3 Å². The molecule has 0 aromatic carbocycles. The van der Waals surface area contributed by atoms with Crippen molar-refractivity contribution in [1.82, 2.24) is 9.97 Å². The Kier molecular flexibility index (Phi) is 2.74. The maximum atomic E-state index is 8.68. The summed E-state index contributed by atoms with van der Waals surface area (Å²) in [6, 6.07) is 7.35. The van der Waals surface area contributed by atoms with Crippen LogP contribution in [-0.4, -0.2) is 9.97 Å². The average molecular weight is 313 g/mol. The Bertz CT molecular complexity index is 501. The lowest BCUT2D eigenvalue weighted by Gasteiger charge is -1.94. The quantitative estimate of drug-likeness (QED) is 0.761. The van der Waals surface area contributed by atoms with Gasteiger partial charge in [0.2, 0.25) is 0 Å². The van der Waals surface area contributed by atoms with E-state index in [4.69, 9.17) is 5.26 Å². The van der Waals surface area contributed by atoms with Crippen molar-refractivity contribution in [2.75, 3.05) is 0 Å². The summed E-state index contributed by atoms with van der Waals surface area (Å²) in [5.74, 6) is 0. The van der Waals surface area contributed by atoms with Crippen LogP contribution in [0.1, 0.15) is 5.69 Å². The van der Waals surface area contributed by atoms with E-state index in [2.05, 4.69) is 32.6 Å². The molecule has 0 aliphatic carbocycles. The molecule has 0 saturated heterocycles. The van der Waals surface area contributed by atoms with E-state index < -0.39 is 0 Å². The van der Waals surface area contributed by atoms with Gasteiger partial charge in [-0.05, 0) is 34.7 Å². The van der Waals surface area contributed by atoms with Crippen LogP contribution in [-0.2, 0) is 0 Å². The van der Waals surface area contributed by atoms with Crippen LogP contribution in [0.2, 0.25) is 0 Å². The lowest BCUT2D eigenvalue weighted by Crippen LogP contribution is -1.86. The summed E-state index contributed by atoms with van der Waals surface area (Å²) in [4.78, 5) is 8.44. The predicted octanol–water partition coefficient (Wildman–Crippen LogP) is 2.68. The number of halogens is 1. The Balaban J connectivity index is 2.47. The van der Waals surface area contributed by atoms with Crippen LogP contribution in [0.4, 0.5) is 0 Å². The molecule has 0 aliphatic heterocycles. The summed E-state index contributed by atoms with van der Waals surface area (Å²) in [6.07, 6.45) is 0. The van der Waals surface area contributed by atoms with Crippen molar-refractivity contribution in [1.29, 1.82) is 5.26 Å². The van der Waals surface area contributed by atoms with Gasteiger partial charge in [-0.2, -0.15) is 5.26 Å². The zero-order chi connectivity index (χ0) is 9.97. The second-order valence-electron chi connectivity index (χ2n) is 2.51. The molecule has 0 bridgehead atoms. The van der Waals surface area contributed by atoms with Crippen LogP contribution < -0.4 is 0 Å². The van der Waals surface area contributed by atoms with Gasteiger partial charge >= 0.3 is 0 Å². The highest BCUT2D eigenvalue weighted by Crippen LogP contribution is 2.20. The lowest BCUT2D eigenvalue weighted by atomic mass is 10.2. The third-order valence-electron chi connectivity index (χ3n) is 1.60. The van der Waals surface area contributed by atoms with Gasteiger partial charge in [0.25, 0.3) is 0 Å². The Morgan fingerprint density at radius 1 is 1.29 bits per heavy atom. The molecule has 14 heavy (non-hydrogen) atoms. The highest BCUT2D eigenvalue weighted by molar-refractivity contribution is 14.1. The van der Waals surface area contributed by atoms with Crippen molar-refractivity contribution in [3.8, 4) is 17.5 Å². The van der Waals surface area contributed by atoms with Gasteiger partial charge in [0.05, 0.1) is 5.69 Å². The Morgan fingerprint density at radius 3 is 2.79 bits per heavy atom. The minimum absolute atomic E-state index is 0.422. The monoisotopic (exact) mass is 313 g/mol. The molecule has 3 nitrogen and oxygen atoms in total. The molecule has 0 aliphatic rings. The molecule has 0 saturated carbocycles. The van der Waals surface area contributed by atoms with Gasteiger partial charge in [0.15, 0.2) is 3.01 Å². The molecule has 0 atom stereocenters. The molecule has 0 amide bonds. The number of hydrogen-bond acceptors (Lipinski definition) is 4. The first-order valence-corrected chi connectivity index (χ1v) is 5.74. The summed E-state index contributed by atoms with van der Waals surface area (Å²) in [5, 5.41) is 10.6. The highest BCUT2D eigenvalue weighted by atomic mass is 127. The molecule has 2 aromatic heterocycles. The minimum Gasteiger partial charge on any atom is -0.235 e.